The van der Waals surface area contributed by atoms with Crippen LogP contribution >= 0.6 is 24.0 Å². The minimum absolute atomic E-state index is 0. The predicted molar refractivity (Wildman–Crippen MR) is 109 cm³/mol. The van der Waals surface area contributed by atoms with Gasteiger partial charge in [0.2, 0.25) is 0 Å². The highest BCUT2D eigenvalue weighted by molar-refractivity contribution is 14.0. The number of halogens is 2. The molecule has 1 aromatic carbocycles. The molecule has 1 saturated heterocycles. The second kappa shape index (κ2) is 8.64. The van der Waals surface area contributed by atoms with Crippen LogP contribution in [0.4, 0.5) is 4.39 Å². The van der Waals surface area contributed by atoms with Crippen LogP contribution in [0.1, 0.15) is 31.2 Å². The molecule has 2 N–H and O–H groups in total. The van der Waals surface area contributed by atoms with Crippen LogP contribution in [0.15, 0.2) is 35.6 Å². The number of imidazole rings is 1. The summed E-state index contributed by atoms with van der Waals surface area (Å²) < 4.78 is 16.1. The molecule has 136 valence electrons. The van der Waals surface area contributed by atoms with Gasteiger partial charge >= 0.3 is 0 Å². The van der Waals surface area contributed by atoms with Crippen LogP contribution in [0, 0.1) is 18.7 Å². The van der Waals surface area contributed by atoms with Gasteiger partial charge in [-0.3, -0.25) is 0 Å². The molecule has 0 aliphatic carbocycles. The maximum atomic E-state index is 14.4. The number of piperidine rings is 1. The van der Waals surface area contributed by atoms with Gasteiger partial charge in [-0.15, -0.1) is 24.0 Å². The first kappa shape index (κ1) is 19.7. The summed E-state index contributed by atoms with van der Waals surface area (Å²) in [6.07, 6.45) is 5.70. The molecule has 1 fully saturated rings. The summed E-state index contributed by atoms with van der Waals surface area (Å²) in [6.45, 7) is 6.39. The van der Waals surface area contributed by atoms with Crippen LogP contribution < -0.4 is 5.73 Å². The van der Waals surface area contributed by atoms with Crippen molar-refractivity contribution >= 4 is 29.9 Å². The molecule has 1 aliphatic heterocycles. The Kier molecular flexibility index (Phi) is 6.80. The van der Waals surface area contributed by atoms with Crippen LogP contribution in [0.2, 0.25) is 0 Å². The number of nitrogens with zero attached hydrogens (tertiary/aromatic N) is 4. The predicted octanol–water partition coefficient (Wildman–Crippen LogP) is 3.48. The Morgan fingerprint density at radius 2 is 2.08 bits per heavy atom. The molecule has 3 rings (SSSR count). The number of aryl methyl sites for hydroxylation is 1. The quantitative estimate of drug-likeness (QED) is 0.436. The van der Waals surface area contributed by atoms with E-state index in [1.807, 2.05) is 13.0 Å². The minimum Gasteiger partial charge on any atom is -0.370 e. The first-order valence-corrected chi connectivity index (χ1v) is 8.38. The van der Waals surface area contributed by atoms with Crippen molar-refractivity contribution in [2.24, 2.45) is 16.6 Å². The third-order valence-corrected chi connectivity index (χ3v) is 4.63. The second-order valence-corrected chi connectivity index (χ2v) is 6.47. The van der Waals surface area contributed by atoms with Crippen molar-refractivity contribution < 1.29 is 4.39 Å². The third kappa shape index (κ3) is 4.71. The number of aromatic nitrogens is 2. The summed E-state index contributed by atoms with van der Waals surface area (Å²) in [6, 6.07) is 5.16. The maximum absolute atomic E-state index is 14.4. The highest BCUT2D eigenvalue weighted by Gasteiger charge is 2.17. The number of guanidine groups is 1. The van der Waals surface area contributed by atoms with Gasteiger partial charge in [0.25, 0.3) is 0 Å². The first-order chi connectivity index (χ1) is 11.5. The van der Waals surface area contributed by atoms with Gasteiger partial charge in [0, 0.05) is 25.5 Å². The zero-order valence-electron chi connectivity index (χ0n) is 14.7. The van der Waals surface area contributed by atoms with E-state index in [9.17, 15) is 4.39 Å². The molecular formula is C18H25FIN5. The molecule has 0 radical (unpaired) electrons. The number of hydrogen-bond acceptors (Lipinski definition) is 2. The van der Waals surface area contributed by atoms with E-state index in [4.69, 9.17) is 5.73 Å². The lowest BCUT2D eigenvalue weighted by atomic mass is 10.00. The lowest BCUT2D eigenvalue weighted by molar-refractivity contribution is 0.277. The van der Waals surface area contributed by atoms with Gasteiger partial charge in [-0.2, -0.15) is 0 Å². The van der Waals surface area contributed by atoms with E-state index in [1.54, 1.807) is 23.0 Å². The Morgan fingerprint density at radius 1 is 1.36 bits per heavy atom. The topological polar surface area (TPSA) is 59.4 Å². The van der Waals surface area contributed by atoms with E-state index in [0.29, 0.717) is 18.2 Å². The molecule has 7 heteroatoms. The van der Waals surface area contributed by atoms with E-state index in [1.165, 1.54) is 6.07 Å². The smallest absolute Gasteiger partial charge is 0.191 e. The molecule has 2 heterocycles. The van der Waals surface area contributed by atoms with Gasteiger partial charge in [-0.1, -0.05) is 13.0 Å². The molecule has 0 spiro atoms. The van der Waals surface area contributed by atoms with Gasteiger partial charge < -0.3 is 15.2 Å². The number of nitrogens with two attached hydrogens (primary N) is 1. The summed E-state index contributed by atoms with van der Waals surface area (Å²) >= 11 is 0. The van der Waals surface area contributed by atoms with Crippen LogP contribution in [-0.2, 0) is 6.54 Å². The van der Waals surface area contributed by atoms with Gasteiger partial charge in [-0.05, 0) is 43.4 Å². The largest absolute Gasteiger partial charge is 0.370 e. The fourth-order valence-corrected chi connectivity index (χ4v) is 2.99. The Morgan fingerprint density at radius 3 is 2.68 bits per heavy atom. The molecular weight excluding hydrogens is 432 g/mol. The zero-order valence-corrected chi connectivity index (χ0v) is 17.0. The van der Waals surface area contributed by atoms with Crippen molar-refractivity contribution in [3.63, 3.8) is 0 Å². The Balaban J connectivity index is 0.00000225. The number of aliphatic imine (C=N–C) groups is 1. The van der Waals surface area contributed by atoms with E-state index in [-0.39, 0.29) is 29.8 Å². The molecule has 5 nitrogen and oxygen atoms in total. The van der Waals surface area contributed by atoms with Gasteiger partial charge in [-0.25, -0.2) is 14.4 Å². The molecule has 0 amide bonds. The monoisotopic (exact) mass is 457 g/mol. The number of rotatable bonds is 3. The van der Waals surface area contributed by atoms with E-state index in [2.05, 4.69) is 21.8 Å². The number of likely N-dealkylation sites (tertiary alicyclic amines) is 1. The van der Waals surface area contributed by atoms with Crippen molar-refractivity contribution in [1.82, 2.24) is 14.5 Å². The SMILES string of the molecule is Cc1nccn1-c1ccc(CN=C(N)N2CCC(C)CC2)cc1F.I. The van der Waals surface area contributed by atoms with E-state index < -0.39 is 0 Å². The van der Waals surface area contributed by atoms with Crippen molar-refractivity contribution in [2.75, 3.05) is 13.1 Å². The highest BCUT2D eigenvalue weighted by Crippen LogP contribution is 2.18. The van der Waals surface area contributed by atoms with Crippen molar-refractivity contribution in [3.05, 3.63) is 47.8 Å². The van der Waals surface area contributed by atoms with Gasteiger partial charge in [0.05, 0.1) is 12.2 Å². The van der Waals surface area contributed by atoms with E-state index >= 15 is 0 Å². The summed E-state index contributed by atoms with van der Waals surface area (Å²) in [5.74, 6) is 1.77. The Hall–Kier alpha value is -1.64. The first-order valence-electron chi connectivity index (χ1n) is 8.38. The number of benzene rings is 1. The van der Waals surface area contributed by atoms with Crippen LogP contribution in [0.3, 0.4) is 0 Å². The summed E-state index contributed by atoms with van der Waals surface area (Å²) in [5, 5.41) is 0. The Bertz CT molecular complexity index is 735. The van der Waals surface area contributed by atoms with Crippen molar-refractivity contribution in [1.29, 1.82) is 0 Å². The maximum Gasteiger partial charge on any atom is 0.191 e. The van der Waals surface area contributed by atoms with Crippen LogP contribution in [0.5, 0.6) is 0 Å². The summed E-state index contributed by atoms with van der Waals surface area (Å²) in [5.41, 5.74) is 7.38. The summed E-state index contributed by atoms with van der Waals surface area (Å²) in [4.78, 5) is 10.7. The molecule has 0 unspecified atom stereocenters. The van der Waals surface area contributed by atoms with Crippen LogP contribution in [-0.4, -0.2) is 33.5 Å². The average Bonchev–Trinajstić information content (AvgIpc) is 2.99. The van der Waals surface area contributed by atoms with Crippen molar-refractivity contribution in [2.45, 2.75) is 33.2 Å². The summed E-state index contributed by atoms with van der Waals surface area (Å²) in [7, 11) is 0. The van der Waals surface area contributed by atoms with Gasteiger partial charge in [0.15, 0.2) is 5.96 Å². The Labute approximate surface area is 165 Å². The molecule has 2 aromatic rings. The lowest BCUT2D eigenvalue weighted by Crippen LogP contribution is -2.42. The van der Waals surface area contributed by atoms with Gasteiger partial charge in [0.1, 0.15) is 11.6 Å². The lowest BCUT2D eigenvalue weighted by Gasteiger charge is -2.31. The normalized spacial score (nSPS) is 16.0. The standard InChI is InChI=1S/C18H24FN5.HI/c1-13-5-8-23(9-6-13)18(20)22-12-15-3-4-17(16(19)11-15)24-10-7-21-14(24)2;/h3-4,7,10-11,13H,5-6,8-9,12H2,1-2H3,(H2,20,22);1H. The number of hydrogen-bond donors (Lipinski definition) is 1. The molecule has 0 saturated carbocycles. The van der Waals surface area contributed by atoms with Crippen LogP contribution in [0.25, 0.3) is 5.69 Å². The molecule has 1 aromatic heterocycles. The molecule has 0 bridgehead atoms. The molecule has 0 atom stereocenters. The molecule has 1 aliphatic rings. The van der Waals surface area contributed by atoms with E-state index in [0.717, 1.165) is 43.2 Å². The highest BCUT2D eigenvalue weighted by atomic mass is 127. The minimum atomic E-state index is -0.283. The fraction of sp³-hybridized carbons (Fsp3) is 0.444. The van der Waals surface area contributed by atoms with Crippen molar-refractivity contribution in [3.8, 4) is 5.69 Å². The fourth-order valence-electron chi connectivity index (χ4n) is 2.99. The molecule has 25 heavy (non-hydrogen) atoms. The third-order valence-electron chi connectivity index (χ3n) is 4.63. The second-order valence-electron chi connectivity index (χ2n) is 6.47. The zero-order chi connectivity index (χ0) is 17.1. The average molecular weight is 457 g/mol.